The van der Waals surface area contributed by atoms with E-state index in [0.717, 1.165) is 26.1 Å². The molecule has 0 aromatic rings. The summed E-state index contributed by atoms with van der Waals surface area (Å²) >= 11 is 0. The monoisotopic (exact) mass is 210 g/mol. The van der Waals surface area contributed by atoms with Gasteiger partial charge < -0.3 is 10.2 Å². The van der Waals surface area contributed by atoms with Gasteiger partial charge in [-0.3, -0.25) is 4.79 Å². The predicted molar refractivity (Wildman–Crippen MR) is 60.6 cm³/mol. The zero-order valence-electron chi connectivity index (χ0n) is 9.88. The Hall–Kier alpha value is -0.570. The molecular formula is C12H22N2O. The minimum atomic E-state index is 0.186. The molecule has 2 aliphatic rings. The van der Waals surface area contributed by atoms with Crippen LogP contribution in [0.2, 0.25) is 0 Å². The average molecular weight is 210 g/mol. The van der Waals surface area contributed by atoms with Gasteiger partial charge in [-0.1, -0.05) is 20.3 Å². The van der Waals surface area contributed by atoms with Crippen LogP contribution in [-0.2, 0) is 4.79 Å². The Morgan fingerprint density at radius 2 is 2.27 bits per heavy atom. The summed E-state index contributed by atoms with van der Waals surface area (Å²) in [6.07, 6.45) is 4.54. The summed E-state index contributed by atoms with van der Waals surface area (Å²) < 4.78 is 0. The molecule has 1 atom stereocenters. The number of rotatable bonds is 2. The maximum atomic E-state index is 11.8. The van der Waals surface area contributed by atoms with Crippen molar-refractivity contribution in [3.63, 3.8) is 0 Å². The Morgan fingerprint density at radius 1 is 1.47 bits per heavy atom. The molecule has 0 radical (unpaired) electrons. The van der Waals surface area contributed by atoms with Gasteiger partial charge in [-0.2, -0.15) is 0 Å². The Labute approximate surface area is 92.2 Å². The maximum Gasteiger partial charge on any atom is 0.223 e. The third-order valence-corrected chi connectivity index (χ3v) is 3.45. The van der Waals surface area contributed by atoms with Gasteiger partial charge in [0.25, 0.3) is 0 Å². The van der Waals surface area contributed by atoms with Gasteiger partial charge in [-0.25, -0.2) is 0 Å². The zero-order chi connectivity index (χ0) is 10.9. The van der Waals surface area contributed by atoms with Crippen LogP contribution in [0.3, 0.4) is 0 Å². The first-order chi connectivity index (χ1) is 7.07. The molecule has 2 aliphatic heterocycles. The summed E-state index contributed by atoms with van der Waals surface area (Å²) in [5, 5.41) is 3.50. The molecule has 1 N–H and O–H groups in total. The number of likely N-dealkylation sites (tertiary alicyclic amines) is 1. The van der Waals surface area contributed by atoms with E-state index in [1.54, 1.807) is 0 Å². The Balaban J connectivity index is 1.86. The number of nitrogens with one attached hydrogen (secondary N) is 1. The minimum absolute atomic E-state index is 0.186. The Morgan fingerprint density at radius 3 is 2.80 bits per heavy atom. The molecule has 15 heavy (non-hydrogen) atoms. The van der Waals surface area contributed by atoms with Crippen molar-refractivity contribution < 1.29 is 4.79 Å². The van der Waals surface area contributed by atoms with Crippen LogP contribution in [0.1, 0.15) is 39.5 Å². The van der Waals surface area contributed by atoms with Gasteiger partial charge in [-0.05, 0) is 24.8 Å². The van der Waals surface area contributed by atoms with E-state index < -0.39 is 0 Å². The van der Waals surface area contributed by atoms with Gasteiger partial charge in [0, 0.05) is 25.6 Å². The maximum absolute atomic E-state index is 11.8. The van der Waals surface area contributed by atoms with Crippen molar-refractivity contribution in [3.05, 3.63) is 0 Å². The SMILES string of the molecule is CC1(C)CC(=O)N(CC2CCCCN2)C1. The van der Waals surface area contributed by atoms with Gasteiger partial charge in [0.15, 0.2) is 0 Å². The predicted octanol–water partition coefficient (Wildman–Crippen LogP) is 1.39. The van der Waals surface area contributed by atoms with Crippen molar-refractivity contribution >= 4 is 5.91 Å². The molecule has 0 spiro atoms. The fourth-order valence-electron chi connectivity index (χ4n) is 2.69. The second-order valence-electron chi connectivity index (χ2n) is 5.76. The van der Waals surface area contributed by atoms with E-state index in [4.69, 9.17) is 0 Å². The summed E-state index contributed by atoms with van der Waals surface area (Å²) in [6, 6.07) is 0.539. The van der Waals surface area contributed by atoms with Gasteiger partial charge >= 0.3 is 0 Å². The van der Waals surface area contributed by atoms with Crippen LogP contribution in [0, 0.1) is 5.41 Å². The molecule has 0 saturated carbocycles. The number of piperidine rings is 1. The van der Waals surface area contributed by atoms with Crippen molar-refractivity contribution in [2.24, 2.45) is 5.41 Å². The lowest BCUT2D eigenvalue weighted by atomic mass is 9.93. The quantitative estimate of drug-likeness (QED) is 0.747. The van der Waals surface area contributed by atoms with Crippen LogP contribution in [0.15, 0.2) is 0 Å². The van der Waals surface area contributed by atoms with Crippen LogP contribution in [0.25, 0.3) is 0 Å². The highest BCUT2D eigenvalue weighted by atomic mass is 16.2. The first-order valence-corrected chi connectivity index (χ1v) is 6.08. The smallest absolute Gasteiger partial charge is 0.223 e. The number of nitrogens with zero attached hydrogens (tertiary/aromatic N) is 1. The lowest BCUT2D eigenvalue weighted by Gasteiger charge is -2.28. The second kappa shape index (κ2) is 4.12. The molecule has 0 aliphatic carbocycles. The highest BCUT2D eigenvalue weighted by molar-refractivity contribution is 5.79. The lowest BCUT2D eigenvalue weighted by molar-refractivity contribution is -0.128. The van der Waals surface area contributed by atoms with Gasteiger partial charge in [-0.15, -0.1) is 0 Å². The van der Waals surface area contributed by atoms with E-state index in [2.05, 4.69) is 19.2 Å². The molecule has 2 rings (SSSR count). The van der Waals surface area contributed by atoms with Gasteiger partial charge in [0.1, 0.15) is 0 Å². The van der Waals surface area contributed by atoms with E-state index in [1.807, 2.05) is 4.90 Å². The van der Waals surface area contributed by atoms with Crippen LogP contribution in [0.4, 0.5) is 0 Å². The van der Waals surface area contributed by atoms with E-state index in [9.17, 15) is 4.79 Å². The third kappa shape index (κ3) is 2.71. The molecule has 2 saturated heterocycles. The molecule has 0 bridgehead atoms. The molecular weight excluding hydrogens is 188 g/mol. The number of hydrogen-bond acceptors (Lipinski definition) is 2. The molecule has 0 aromatic carbocycles. The van der Waals surface area contributed by atoms with Crippen LogP contribution >= 0.6 is 0 Å². The standard InChI is InChI=1S/C12H22N2O/c1-12(2)7-11(15)14(9-12)8-10-5-3-4-6-13-10/h10,13H,3-9H2,1-2H3. The van der Waals surface area contributed by atoms with E-state index in [0.29, 0.717) is 11.9 Å². The fraction of sp³-hybridized carbons (Fsp3) is 0.917. The van der Waals surface area contributed by atoms with Gasteiger partial charge in [0.05, 0.1) is 0 Å². The minimum Gasteiger partial charge on any atom is -0.341 e. The number of hydrogen-bond donors (Lipinski definition) is 1. The van der Waals surface area contributed by atoms with E-state index >= 15 is 0 Å². The number of carbonyl (C=O) groups excluding carboxylic acids is 1. The summed E-state index contributed by atoms with van der Waals surface area (Å²) in [7, 11) is 0. The third-order valence-electron chi connectivity index (χ3n) is 3.45. The molecule has 3 heteroatoms. The van der Waals surface area contributed by atoms with Crippen LogP contribution < -0.4 is 5.32 Å². The molecule has 2 heterocycles. The molecule has 3 nitrogen and oxygen atoms in total. The first kappa shape index (κ1) is 10.9. The van der Waals surface area contributed by atoms with Gasteiger partial charge in [0.2, 0.25) is 5.91 Å². The summed E-state index contributed by atoms with van der Waals surface area (Å²) in [5.74, 6) is 0.340. The first-order valence-electron chi connectivity index (χ1n) is 6.08. The van der Waals surface area contributed by atoms with E-state index in [-0.39, 0.29) is 5.41 Å². The zero-order valence-corrected chi connectivity index (χ0v) is 9.88. The molecule has 86 valence electrons. The summed E-state index contributed by atoms with van der Waals surface area (Å²) in [5.41, 5.74) is 0.186. The summed E-state index contributed by atoms with van der Waals surface area (Å²) in [6.45, 7) is 7.33. The van der Waals surface area contributed by atoms with Crippen LogP contribution in [-0.4, -0.2) is 36.5 Å². The molecule has 2 fully saturated rings. The fourth-order valence-corrected chi connectivity index (χ4v) is 2.69. The Bertz CT molecular complexity index is 244. The largest absolute Gasteiger partial charge is 0.341 e. The Kier molecular flexibility index (Phi) is 3.01. The molecule has 0 aromatic heterocycles. The average Bonchev–Trinajstić information content (AvgIpc) is 2.41. The topological polar surface area (TPSA) is 32.3 Å². The number of carbonyl (C=O) groups is 1. The second-order valence-corrected chi connectivity index (χ2v) is 5.76. The number of amides is 1. The van der Waals surface area contributed by atoms with Crippen molar-refractivity contribution in [1.82, 2.24) is 10.2 Å². The molecule has 1 unspecified atom stereocenters. The highest BCUT2D eigenvalue weighted by Gasteiger charge is 2.36. The van der Waals surface area contributed by atoms with Crippen molar-refractivity contribution in [2.75, 3.05) is 19.6 Å². The molecule has 1 amide bonds. The van der Waals surface area contributed by atoms with Crippen molar-refractivity contribution in [3.8, 4) is 0 Å². The van der Waals surface area contributed by atoms with Crippen LogP contribution in [0.5, 0.6) is 0 Å². The van der Waals surface area contributed by atoms with E-state index in [1.165, 1.54) is 19.3 Å². The van der Waals surface area contributed by atoms with Crippen molar-refractivity contribution in [1.29, 1.82) is 0 Å². The highest BCUT2D eigenvalue weighted by Crippen LogP contribution is 2.30. The summed E-state index contributed by atoms with van der Waals surface area (Å²) in [4.78, 5) is 13.8. The van der Waals surface area contributed by atoms with Crippen molar-refractivity contribution in [2.45, 2.75) is 45.6 Å². The lowest BCUT2D eigenvalue weighted by Crippen LogP contribution is -2.44. The normalized spacial score (nSPS) is 30.9.